The molecule has 1 amide bonds. The average Bonchev–Trinajstić information content (AvgIpc) is 2.90. The fourth-order valence-electron chi connectivity index (χ4n) is 2.73. The van der Waals surface area contributed by atoms with Gasteiger partial charge in [-0.3, -0.25) is 10.1 Å². The molecule has 1 aliphatic rings. The molecule has 0 bridgehead atoms. The first-order valence-electron chi connectivity index (χ1n) is 7.69. The number of carbonyl (C=O) groups is 1. The minimum Gasteiger partial charge on any atom is -0.494 e. The molecule has 0 spiro atoms. The van der Waals surface area contributed by atoms with Crippen molar-refractivity contribution in [1.29, 1.82) is 0 Å². The number of fused-ring (bicyclic) bond motifs is 1. The number of nitrogens with one attached hydrogen (secondary N) is 1. The lowest BCUT2D eigenvalue weighted by Gasteiger charge is -2.16. The van der Waals surface area contributed by atoms with E-state index in [1.807, 2.05) is 6.92 Å². The van der Waals surface area contributed by atoms with Crippen LogP contribution in [0.2, 0.25) is 0 Å². The SMILES string of the molecule is CCOc1ccc(C(=O)Nc2onc3c2CC(C)CC3)cc1. The van der Waals surface area contributed by atoms with E-state index in [0.717, 1.165) is 36.3 Å². The van der Waals surface area contributed by atoms with Crippen LogP contribution in [0.25, 0.3) is 0 Å². The first-order valence-corrected chi connectivity index (χ1v) is 7.69. The largest absolute Gasteiger partial charge is 0.494 e. The van der Waals surface area contributed by atoms with Crippen molar-refractivity contribution in [2.45, 2.75) is 33.1 Å². The van der Waals surface area contributed by atoms with Crippen LogP contribution in [0.1, 0.15) is 41.9 Å². The number of ether oxygens (including phenoxy) is 1. The molecule has 1 N–H and O–H groups in total. The topological polar surface area (TPSA) is 64.4 Å². The van der Waals surface area contributed by atoms with Gasteiger partial charge in [0.1, 0.15) is 5.75 Å². The van der Waals surface area contributed by atoms with Crippen molar-refractivity contribution in [3.05, 3.63) is 41.1 Å². The molecule has 1 unspecified atom stereocenters. The number of benzene rings is 1. The van der Waals surface area contributed by atoms with E-state index in [2.05, 4.69) is 17.4 Å². The summed E-state index contributed by atoms with van der Waals surface area (Å²) in [6, 6.07) is 7.06. The van der Waals surface area contributed by atoms with Crippen molar-refractivity contribution in [2.24, 2.45) is 5.92 Å². The molecule has 5 heteroatoms. The maximum Gasteiger partial charge on any atom is 0.258 e. The van der Waals surface area contributed by atoms with Gasteiger partial charge in [-0.05, 0) is 56.4 Å². The number of amides is 1. The molecule has 0 saturated heterocycles. The summed E-state index contributed by atoms with van der Waals surface area (Å²) in [5, 5.41) is 6.90. The van der Waals surface area contributed by atoms with Gasteiger partial charge in [0.05, 0.1) is 12.3 Å². The second kappa shape index (κ2) is 6.22. The molecule has 1 aliphatic carbocycles. The number of rotatable bonds is 4. The number of carbonyl (C=O) groups excluding carboxylic acids is 1. The summed E-state index contributed by atoms with van der Waals surface area (Å²) in [7, 11) is 0. The van der Waals surface area contributed by atoms with Crippen molar-refractivity contribution < 1.29 is 14.1 Å². The van der Waals surface area contributed by atoms with E-state index in [9.17, 15) is 4.79 Å². The minimum absolute atomic E-state index is 0.194. The van der Waals surface area contributed by atoms with Crippen LogP contribution in [-0.2, 0) is 12.8 Å². The number of anilines is 1. The van der Waals surface area contributed by atoms with E-state index in [1.165, 1.54) is 0 Å². The maximum atomic E-state index is 12.3. The molecule has 0 saturated carbocycles. The van der Waals surface area contributed by atoms with Crippen LogP contribution in [0.15, 0.2) is 28.8 Å². The van der Waals surface area contributed by atoms with Crippen LogP contribution >= 0.6 is 0 Å². The zero-order chi connectivity index (χ0) is 15.5. The van der Waals surface area contributed by atoms with Gasteiger partial charge in [-0.2, -0.15) is 0 Å². The summed E-state index contributed by atoms with van der Waals surface area (Å²) in [6.07, 6.45) is 2.93. The molecule has 1 aromatic carbocycles. The minimum atomic E-state index is -0.194. The summed E-state index contributed by atoms with van der Waals surface area (Å²) in [5.74, 6) is 1.64. The highest BCUT2D eigenvalue weighted by molar-refractivity contribution is 6.03. The Kier molecular flexibility index (Phi) is 4.13. The van der Waals surface area contributed by atoms with E-state index in [0.29, 0.717) is 24.0 Å². The molecule has 0 radical (unpaired) electrons. The van der Waals surface area contributed by atoms with Crippen molar-refractivity contribution in [2.75, 3.05) is 11.9 Å². The summed E-state index contributed by atoms with van der Waals surface area (Å²) >= 11 is 0. The van der Waals surface area contributed by atoms with Gasteiger partial charge in [-0.15, -0.1) is 0 Å². The lowest BCUT2D eigenvalue weighted by atomic mass is 9.89. The van der Waals surface area contributed by atoms with Crippen LogP contribution < -0.4 is 10.1 Å². The molecule has 1 aromatic heterocycles. The third-order valence-corrected chi connectivity index (χ3v) is 3.95. The average molecular weight is 300 g/mol. The van der Waals surface area contributed by atoms with Gasteiger partial charge in [0.15, 0.2) is 0 Å². The molecule has 116 valence electrons. The third kappa shape index (κ3) is 2.98. The van der Waals surface area contributed by atoms with Crippen molar-refractivity contribution >= 4 is 11.8 Å². The molecule has 1 heterocycles. The molecule has 22 heavy (non-hydrogen) atoms. The Balaban J connectivity index is 1.73. The van der Waals surface area contributed by atoms with Gasteiger partial charge < -0.3 is 9.26 Å². The van der Waals surface area contributed by atoms with Crippen LogP contribution in [-0.4, -0.2) is 17.7 Å². The molecule has 0 aliphatic heterocycles. The van der Waals surface area contributed by atoms with Crippen LogP contribution in [0, 0.1) is 5.92 Å². The fraction of sp³-hybridized carbons (Fsp3) is 0.412. The molecule has 3 rings (SSSR count). The fourth-order valence-corrected chi connectivity index (χ4v) is 2.73. The standard InChI is InChI=1S/C17H20N2O3/c1-3-21-13-7-5-12(6-8-13)16(20)18-17-14-10-11(2)4-9-15(14)19-22-17/h5-8,11H,3-4,9-10H2,1-2H3,(H,18,20). The highest BCUT2D eigenvalue weighted by atomic mass is 16.5. The van der Waals surface area contributed by atoms with E-state index < -0.39 is 0 Å². The summed E-state index contributed by atoms with van der Waals surface area (Å²) in [5.41, 5.74) is 2.58. The zero-order valence-electron chi connectivity index (χ0n) is 12.9. The maximum absolute atomic E-state index is 12.3. The Morgan fingerprint density at radius 3 is 2.91 bits per heavy atom. The van der Waals surface area contributed by atoms with Gasteiger partial charge >= 0.3 is 0 Å². The molecule has 2 aromatic rings. The lowest BCUT2D eigenvalue weighted by molar-refractivity contribution is 0.102. The highest BCUT2D eigenvalue weighted by Crippen LogP contribution is 2.30. The Bertz CT molecular complexity index is 661. The lowest BCUT2D eigenvalue weighted by Crippen LogP contribution is -2.15. The summed E-state index contributed by atoms with van der Waals surface area (Å²) in [6.45, 7) is 4.73. The first kappa shape index (κ1) is 14.6. The molecule has 5 nitrogen and oxygen atoms in total. The summed E-state index contributed by atoms with van der Waals surface area (Å²) in [4.78, 5) is 12.3. The van der Waals surface area contributed by atoms with Crippen LogP contribution in [0.4, 0.5) is 5.88 Å². The van der Waals surface area contributed by atoms with Crippen molar-refractivity contribution in [3.63, 3.8) is 0 Å². The van der Waals surface area contributed by atoms with E-state index >= 15 is 0 Å². The molecule has 0 fully saturated rings. The van der Waals surface area contributed by atoms with E-state index in [-0.39, 0.29) is 5.91 Å². The van der Waals surface area contributed by atoms with Crippen LogP contribution in [0.5, 0.6) is 5.75 Å². The van der Waals surface area contributed by atoms with Crippen molar-refractivity contribution in [3.8, 4) is 5.75 Å². The molecular formula is C17H20N2O3. The Morgan fingerprint density at radius 1 is 1.41 bits per heavy atom. The molecular weight excluding hydrogens is 280 g/mol. The number of aromatic nitrogens is 1. The monoisotopic (exact) mass is 300 g/mol. The number of aryl methyl sites for hydroxylation is 1. The number of hydrogen-bond acceptors (Lipinski definition) is 4. The van der Waals surface area contributed by atoms with Gasteiger partial charge in [0, 0.05) is 11.1 Å². The molecule has 1 atom stereocenters. The van der Waals surface area contributed by atoms with E-state index in [4.69, 9.17) is 9.26 Å². The Hall–Kier alpha value is -2.30. The second-order valence-corrected chi connectivity index (χ2v) is 5.70. The van der Waals surface area contributed by atoms with Gasteiger partial charge in [0.25, 0.3) is 5.91 Å². The van der Waals surface area contributed by atoms with E-state index in [1.54, 1.807) is 24.3 Å². The number of hydrogen-bond donors (Lipinski definition) is 1. The van der Waals surface area contributed by atoms with Crippen LogP contribution in [0.3, 0.4) is 0 Å². The number of nitrogens with zero attached hydrogens (tertiary/aromatic N) is 1. The van der Waals surface area contributed by atoms with Gasteiger partial charge in [-0.25, -0.2) is 0 Å². The van der Waals surface area contributed by atoms with Gasteiger partial charge in [-0.1, -0.05) is 12.1 Å². The first-order chi connectivity index (χ1) is 10.7. The Labute approximate surface area is 129 Å². The smallest absolute Gasteiger partial charge is 0.258 e. The van der Waals surface area contributed by atoms with Gasteiger partial charge in [0.2, 0.25) is 5.88 Å². The normalized spacial score (nSPS) is 16.9. The third-order valence-electron chi connectivity index (χ3n) is 3.95. The van der Waals surface area contributed by atoms with Crippen molar-refractivity contribution in [1.82, 2.24) is 5.16 Å². The quantitative estimate of drug-likeness (QED) is 0.939. The second-order valence-electron chi connectivity index (χ2n) is 5.70. The zero-order valence-corrected chi connectivity index (χ0v) is 12.9. The summed E-state index contributed by atoms with van der Waals surface area (Å²) < 4.78 is 10.7. The Morgan fingerprint density at radius 2 is 2.18 bits per heavy atom. The predicted octanol–water partition coefficient (Wildman–Crippen LogP) is 3.45. The highest BCUT2D eigenvalue weighted by Gasteiger charge is 2.24. The predicted molar refractivity (Wildman–Crippen MR) is 83.3 cm³/mol.